The molecule has 16 aromatic rings. The average molecular weight is 906 g/mol. The summed E-state index contributed by atoms with van der Waals surface area (Å²) in [5, 5.41) is 11.8. The molecule has 330 valence electrons. The molecule has 0 aliphatic heterocycles. The van der Waals surface area contributed by atoms with Gasteiger partial charge >= 0.3 is 0 Å². The van der Waals surface area contributed by atoms with Crippen LogP contribution >= 0.6 is 0 Å². The number of furan rings is 2. The van der Waals surface area contributed by atoms with Crippen LogP contribution in [0.4, 0.5) is 0 Å². The van der Waals surface area contributed by atoms with Gasteiger partial charge in [-0.3, -0.25) is 0 Å². The number of aromatic nitrogens is 3. The van der Waals surface area contributed by atoms with Gasteiger partial charge in [0.15, 0.2) is 0 Å². The molecule has 5 heterocycles. The van der Waals surface area contributed by atoms with Crippen LogP contribution in [0.1, 0.15) is 0 Å². The average Bonchev–Trinajstić information content (AvgIpc) is 4.25. The van der Waals surface area contributed by atoms with Crippen molar-refractivity contribution < 1.29 is 8.83 Å². The second kappa shape index (κ2) is 14.5. The molecule has 0 saturated carbocycles. The normalized spacial score (nSPS) is 12.2. The zero-order chi connectivity index (χ0) is 46.3. The quantitative estimate of drug-likeness (QED) is 0.173. The number of benzene rings is 11. The number of para-hydroxylation sites is 7. The second-order valence-corrected chi connectivity index (χ2v) is 18.7. The van der Waals surface area contributed by atoms with Crippen LogP contribution in [0.25, 0.3) is 149 Å². The maximum absolute atomic E-state index is 6.47. The van der Waals surface area contributed by atoms with Crippen LogP contribution in [-0.2, 0) is 0 Å². The van der Waals surface area contributed by atoms with Gasteiger partial charge in [-0.2, -0.15) is 0 Å². The lowest BCUT2D eigenvalue weighted by molar-refractivity contribution is 0.669. The first-order chi connectivity index (χ1) is 35.2. The summed E-state index contributed by atoms with van der Waals surface area (Å²) in [6, 6.07) is 85.4. The zero-order valence-corrected chi connectivity index (χ0v) is 38.2. The molecule has 5 nitrogen and oxygen atoms in total. The molecular formula is C66H39N3O2. The van der Waals surface area contributed by atoms with E-state index < -0.39 is 0 Å². The Bertz CT molecular complexity index is 4560. The number of hydrogen-bond donors (Lipinski definition) is 0. The Morgan fingerprint density at radius 3 is 1.11 bits per heavy atom. The molecular weight excluding hydrogens is 867 g/mol. The summed E-state index contributed by atoms with van der Waals surface area (Å²) in [5.74, 6) is 0. The molecule has 71 heavy (non-hydrogen) atoms. The third-order valence-electron chi connectivity index (χ3n) is 15.1. The summed E-state index contributed by atoms with van der Waals surface area (Å²) >= 11 is 0. The van der Waals surface area contributed by atoms with Crippen molar-refractivity contribution in [3.63, 3.8) is 0 Å². The van der Waals surface area contributed by atoms with E-state index in [1.807, 2.05) is 24.3 Å². The monoisotopic (exact) mass is 905 g/mol. The van der Waals surface area contributed by atoms with E-state index in [0.717, 1.165) is 105 Å². The van der Waals surface area contributed by atoms with E-state index in [4.69, 9.17) is 8.83 Å². The van der Waals surface area contributed by atoms with E-state index in [1.54, 1.807) is 0 Å². The van der Waals surface area contributed by atoms with Crippen molar-refractivity contribution in [1.29, 1.82) is 0 Å². The van der Waals surface area contributed by atoms with Crippen LogP contribution < -0.4 is 0 Å². The smallest absolute Gasteiger partial charge is 0.143 e. The lowest BCUT2D eigenvalue weighted by atomic mass is 10.0. The van der Waals surface area contributed by atoms with Crippen molar-refractivity contribution >= 4 is 109 Å². The Balaban J connectivity index is 0.914. The Hall–Kier alpha value is -9.58. The maximum Gasteiger partial charge on any atom is 0.143 e. The van der Waals surface area contributed by atoms with Crippen molar-refractivity contribution in [3.05, 3.63) is 237 Å². The van der Waals surface area contributed by atoms with Gasteiger partial charge in [-0.25, -0.2) is 0 Å². The summed E-state index contributed by atoms with van der Waals surface area (Å²) in [7, 11) is 0. The zero-order valence-electron chi connectivity index (χ0n) is 38.2. The topological polar surface area (TPSA) is 41.1 Å². The highest BCUT2D eigenvalue weighted by Gasteiger charge is 2.25. The molecule has 0 N–H and O–H groups in total. The van der Waals surface area contributed by atoms with E-state index in [-0.39, 0.29) is 0 Å². The lowest BCUT2D eigenvalue weighted by Crippen LogP contribution is -1.96. The molecule has 0 unspecified atom stereocenters. The summed E-state index contributed by atoms with van der Waals surface area (Å²) in [5.41, 5.74) is 18.4. The Labute approximate surface area is 405 Å². The molecule has 0 radical (unpaired) electrons. The molecule has 5 aromatic heterocycles. The van der Waals surface area contributed by atoms with Crippen LogP contribution in [-0.4, -0.2) is 13.7 Å². The van der Waals surface area contributed by atoms with Crippen LogP contribution in [0.5, 0.6) is 0 Å². The van der Waals surface area contributed by atoms with Crippen LogP contribution in [0.2, 0.25) is 0 Å². The van der Waals surface area contributed by atoms with Crippen molar-refractivity contribution in [2.75, 3.05) is 0 Å². The first-order valence-corrected chi connectivity index (χ1v) is 24.3. The number of hydrogen-bond acceptors (Lipinski definition) is 2. The Morgan fingerprint density at radius 2 is 0.634 bits per heavy atom. The molecule has 16 rings (SSSR count). The number of nitrogens with zero attached hydrogens (tertiary/aromatic N) is 3. The summed E-state index contributed by atoms with van der Waals surface area (Å²) in [6.07, 6.45) is 0. The standard InChI is InChI=1S/C66H39N3O2/c1-2-14-42(15-3-1)69-63-49(36-38-57-61(63)53-18-4-8-24-55(53)67(57)43-32-28-40(29-33-43)45-20-12-22-51-47-16-6-10-26-59(47)70-65(45)51)50-37-39-58-62(64(50)69)54-19-5-9-25-56(54)68(58)44-34-30-41(31-35-44)46-21-13-23-52-48-17-7-11-27-60(48)71-66(46)52/h1-39H. The van der Waals surface area contributed by atoms with Gasteiger partial charge < -0.3 is 22.5 Å². The first-order valence-electron chi connectivity index (χ1n) is 24.3. The minimum absolute atomic E-state index is 0.905. The molecule has 11 aromatic carbocycles. The van der Waals surface area contributed by atoms with Crippen molar-refractivity contribution in [1.82, 2.24) is 13.7 Å². The van der Waals surface area contributed by atoms with Crippen LogP contribution in [0.3, 0.4) is 0 Å². The highest BCUT2D eigenvalue weighted by Crippen LogP contribution is 2.47. The molecule has 5 heteroatoms. The predicted molar refractivity (Wildman–Crippen MR) is 295 cm³/mol. The van der Waals surface area contributed by atoms with E-state index in [1.165, 1.54) is 43.4 Å². The number of rotatable bonds is 5. The van der Waals surface area contributed by atoms with Gasteiger partial charge in [-0.1, -0.05) is 164 Å². The minimum Gasteiger partial charge on any atom is -0.455 e. The van der Waals surface area contributed by atoms with Gasteiger partial charge in [0.1, 0.15) is 22.3 Å². The fourth-order valence-corrected chi connectivity index (χ4v) is 12.0. The molecule has 0 aliphatic carbocycles. The molecule has 0 amide bonds. The largest absolute Gasteiger partial charge is 0.455 e. The van der Waals surface area contributed by atoms with Crippen LogP contribution in [0.15, 0.2) is 245 Å². The summed E-state index contributed by atoms with van der Waals surface area (Å²) < 4.78 is 20.3. The Morgan fingerprint density at radius 1 is 0.239 bits per heavy atom. The van der Waals surface area contributed by atoms with Crippen molar-refractivity contribution in [2.45, 2.75) is 0 Å². The van der Waals surface area contributed by atoms with Crippen molar-refractivity contribution in [3.8, 4) is 39.3 Å². The third-order valence-corrected chi connectivity index (χ3v) is 15.1. The SMILES string of the molecule is c1ccc(-n2c3c(ccc4c3c3ccccc3n4-c3ccc(-c4cccc5c4oc4ccccc45)cc3)c3ccc4c(c5ccccc5n4-c4ccc(-c5cccc6c5oc5ccccc56)cc4)c32)cc1. The van der Waals surface area contributed by atoms with E-state index >= 15 is 0 Å². The van der Waals surface area contributed by atoms with Gasteiger partial charge in [0, 0.05) is 82.1 Å². The predicted octanol–water partition coefficient (Wildman–Crippen LogP) is 18.1. The maximum atomic E-state index is 6.47. The molecule has 0 fully saturated rings. The fraction of sp³-hybridized carbons (Fsp3) is 0. The van der Waals surface area contributed by atoms with Crippen LogP contribution in [0, 0.1) is 0 Å². The van der Waals surface area contributed by atoms with Gasteiger partial charge in [0.25, 0.3) is 0 Å². The van der Waals surface area contributed by atoms with E-state index in [9.17, 15) is 0 Å². The fourth-order valence-electron chi connectivity index (χ4n) is 12.0. The second-order valence-electron chi connectivity index (χ2n) is 18.7. The first kappa shape index (κ1) is 38.4. The third kappa shape index (κ3) is 5.34. The molecule has 0 atom stereocenters. The lowest BCUT2D eigenvalue weighted by Gasteiger charge is -2.12. The van der Waals surface area contributed by atoms with E-state index in [0.29, 0.717) is 0 Å². The highest BCUT2D eigenvalue weighted by molar-refractivity contribution is 6.31. The van der Waals surface area contributed by atoms with Gasteiger partial charge in [0.05, 0.1) is 33.1 Å². The summed E-state index contributed by atoms with van der Waals surface area (Å²) in [6.45, 7) is 0. The minimum atomic E-state index is 0.905. The van der Waals surface area contributed by atoms with Gasteiger partial charge in [0.2, 0.25) is 0 Å². The van der Waals surface area contributed by atoms with Gasteiger partial charge in [-0.05, 0) is 83.9 Å². The molecule has 0 bridgehead atoms. The van der Waals surface area contributed by atoms with E-state index in [2.05, 4.69) is 226 Å². The molecule has 0 saturated heterocycles. The number of fused-ring (bicyclic) bond motifs is 17. The van der Waals surface area contributed by atoms with Crippen molar-refractivity contribution in [2.24, 2.45) is 0 Å². The Kier molecular flexibility index (Phi) is 7.82. The molecule has 0 spiro atoms. The molecule has 0 aliphatic rings. The summed E-state index contributed by atoms with van der Waals surface area (Å²) in [4.78, 5) is 0. The highest BCUT2D eigenvalue weighted by atomic mass is 16.3. The van der Waals surface area contributed by atoms with Gasteiger partial charge in [-0.15, -0.1) is 0 Å².